The molecule has 21 heavy (non-hydrogen) atoms. The molecule has 0 aromatic rings. The van der Waals surface area contributed by atoms with Crippen molar-refractivity contribution in [2.45, 2.75) is 89.9 Å². The molecule has 3 heteroatoms. The number of piperidine rings is 1. The van der Waals surface area contributed by atoms with E-state index in [0.29, 0.717) is 11.8 Å². The van der Waals surface area contributed by atoms with Gasteiger partial charge in [0.05, 0.1) is 0 Å². The maximum atomic E-state index is 12.1. The van der Waals surface area contributed by atoms with Crippen LogP contribution >= 0.6 is 11.6 Å². The quantitative estimate of drug-likeness (QED) is 0.391. The summed E-state index contributed by atoms with van der Waals surface area (Å²) in [6.45, 7) is 6.11. The first-order valence-electron chi connectivity index (χ1n) is 9.07. The lowest BCUT2D eigenvalue weighted by atomic mass is 9.99. The van der Waals surface area contributed by atoms with E-state index >= 15 is 0 Å². The van der Waals surface area contributed by atoms with E-state index in [2.05, 4.69) is 13.8 Å². The predicted octanol–water partition coefficient (Wildman–Crippen LogP) is 5.38. The van der Waals surface area contributed by atoms with Gasteiger partial charge < -0.3 is 4.90 Å². The second-order valence-corrected chi connectivity index (χ2v) is 7.26. The number of likely N-dealkylation sites (tertiary alicyclic amines) is 1. The Hall–Kier alpha value is -0.240. The number of hydrogen-bond acceptors (Lipinski definition) is 1. The van der Waals surface area contributed by atoms with Gasteiger partial charge in [-0.3, -0.25) is 4.79 Å². The predicted molar refractivity (Wildman–Crippen MR) is 91.8 cm³/mol. The molecule has 2 nitrogen and oxygen atoms in total. The summed E-state index contributed by atoms with van der Waals surface area (Å²) in [5.74, 6) is 0.779. The molecule has 1 amide bonds. The molecular formula is C18H34ClNO. The molecule has 0 N–H and O–H groups in total. The van der Waals surface area contributed by atoms with Crippen LogP contribution in [0.2, 0.25) is 0 Å². The summed E-state index contributed by atoms with van der Waals surface area (Å²) in [5.41, 5.74) is 0. The zero-order valence-corrected chi connectivity index (χ0v) is 14.8. The van der Waals surface area contributed by atoms with E-state index in [0.717, 1.165) is 32.4 Å². The lowest BCUT2D eigenvalue weighted by molar-refractivity contribution is -0.132. The molecule has 2 unspecified atom stereocenters. The summed E-state index contributed by atoms with van der Waals surface area (Å²) in [6, 6.07) is 0. The molecule has 1 fully saturated rings. The average molecular weight is 316 g/mol. The minimum Gasteiger partial charge on any atom is -0.342 e. The molecule has 1 aliphatic rings. The third-order valence-corrected chi connectivity index (χ3v) is 5.30. The highest BCUT2D eigenvalue weighted by molar-refractivity contribution is 6.20. The van der Waals surface area contributed by atoms with Gasteiger partial charge in [-0.05, 0) is 18.8 Å². The Balaban J connectivity index is 1.96. The summed E-state index contributed by atoms with van der Waals surface area (Å²) in [7, 11) is 0. The van der Waals surface area contributed by atoms with Crippen molar-refractivity contribution in [1.29, 1.82) is 0 Å². The molecular weight excluding hydrogens is 282 g/mol. The smallest absolute Gasteiger partial charge is 0.222 e. The number of carbonyl (C=O) groups excluding carboxylic acids is 1. The second kappa shape index (κ2) is 11.3. The third kappa shape index (κ3) is 8.09. The average Bonchev–Trinajstić information content (AvgIpc) is 2.48. The minimum absolute atomic E-state index is 0.252. The van der Waals surface area contributed by atoms with Gasteiger partial charge in [-0.1, -0.05) is 65.2 Å². The zero-order valence-electron chi connectivity index (χ0n) is 14.1. The van der Waals surface area contributed by atoms with Crippen molar-refractivity contribution in [2.75, 3.05) is 13.1 Å². The number of carbonyl (C=O) groups is 1. The fourth-order valence-corrected chi connectivity index (χ4v) is 3.27. The van der Waals surface area contributed by atoms with Crippen molar-refractivity contribution < 1.29 is 4.79 Å². The Morgan fingerprint density at radius 3 is 2.19 bits per heavy atom. The molecule has 0 aliphatic carbocycles. The molecule has 0 saturated carbocycles. The monoisotopic (exact) mass is 315 g/mol. The van der Waals surface area contributed by atoms with Crippen molar-refractivity contribution >= 4 is 17.5 Å². The van der Waals surface area contributed by atoms with Gasteiger partial charge in [0, 0.05) is 24.9 Å². The van der Waals surface area contributed by atoms with Crippen LogP contribution in [-0.2, 0) is 4.79 Å². The molecule has 1 rings (SSSR count). The van der Waals surface area contributed by atoms with Crippen LogP contribution in [0.25, 0.3) is 0 Å². The van der Waals surface area contributed by atoms with Crippen LogP contribution in [0, 0.1) is 5.92 Å². The van der Waals surface area contributed by atoms with E-state index < -0.39 is 0 Å². The summed E-state index contributed by atoms with van der Waals surface area (Å²) < 4.78 is 0. The van der Waals surface area contributed by atoms with E-state index in [1.807, 2.05) is 4.90 Å². The van der Waals surface area contributed by atoms with Crippen LogP contribution in [0.1, 0.15) is 84.5 Å². The highest BCUT2D eigenvalue weighted by atomic mass is 35.5. The number of rotatable bonds is 10. The molecule has 0 aromatic carbocycles. The topological polar surface area (TPSA) is 20.3 Å². The molecule has 1 aliphatic heterocycles. The number of unbranched alkanes of at least 4 members (excludes halogenated alkanes) is 8. The third-order valence-electron chi connectivity index (χ3n) is 4.65. The Bertz CT molecular complexity index is 282. The molecule has 2 atom stereocenters. The first kappa shape index (κ1) is 18.8. The Kier molecular flexibility index (Phi) is 10.2. The first-order chi connectivity index (χ1) is 10.1. The second-order valence-electron chi connectivity index (χ2n) is 6.70. The Morgan fingerprint density at radius 1 is 1.05 bits per heavy atom. The van der Waals surface area contributed by atoms with E-state index in [9.17, 15) is 4.79 Å². The van der Waals surface area contributed by atoms with Gasteiger partial charge in [0.1, 0.15) is 0 Å². The first-order valence-corrected chi connectivity index (χ1v) is 9.50. The van der Waals surface area contributed by atoms with Crippen LogP contribution in [0.15, 0.2) is 0 Å². The van der Waals surface area contributed by atoms with Crippen molar-refractivity contribution in [3.8, 4) is 0 Å². The maximum Gasteiger partial charge on any atom is 0.222 e. The fourth-order valence-electron chi connectivity index (χ4n) is 3.09. The highest BCUT2D eigenvalue weighted by Gasteiger charge is 2.26. The molecule has 124 valence electrons. The van der Waals surface area contributed by atoms with Crippen LogP contribution in [0.4, 0.5) is 0 Å². The molecule has 0 spiro atoms. The summed E-state index contributed by atoms with van der Waals surface area (Å²) in [6.07, 6.45) is 13.4. The van der Waals surface area contributed by atoms with Gasteiger partial charge in [-0.2, -0.15) is 0 Å². The van der Waals surface area contributed by atoms with Gasteiger partial charge in [0.25, 0.3) is 0 Å². The van der Waals surface area contributed by atoms with Crippen LogP contribution in [0.3, 0.4) is 0 Å². The summed E-state index contributed by atoms with van der Waals surface area (Å²) in [4.78, 5) is 14.2. The van der Waals surface area contributed by atoms with Crippen molar-refractivity contribution in [3.63, 3.8) is 0 Å². The van der Waals surface area contributed by atoms with Gasteiger partial charge >= 0.3 is 0 Å². The van der Waals surface area contributed by atoms with Crippen molar-refractivity contribution in [3.05, 3.63) is 0 Å². The SMILES string of the molecule is CCCCCCCCCCCC(=O)N1CCC(Cl)C(C)C1. The standard InChI is InChI=1S/C18H34ClNO/c1-3-4-5-6-7-8-9-10-11-12-18(21)20-14-13-17(19)16(2)15-20/h16-17H,3-15H2,1-2H3. The molecule has 0 radical (unpaired) electrons. The molecule has 0 bridgehead atoms. The van der Waals surface area contributed by atoms with E-state index in [1.165, 1.54) is 51.4 Å². The van der Waals surface area contributed by atoms with E-state index in [-0.39, 0.29) is 5.38 Å². The van der Waals surface area contributed by atoms with Gasteiger partial charge in [0.15, 0.2) is 0 Å². The van der Waals surface area contributed by atoms with E-state index in [1.54, 1.807) is 0 Å². The normalized spacial score (nSPS) is 22.5. The van der Waals surface area contributed by atoms with E-state index in [4.69, 9.17) is 11.6 Å². The maximum absolute atomic E-state index is 12.1. The largest absolute Gasteiger partial charge is 0.342 e. The number of halogens is 1. The molecule has 1 heterocycles. The summed E-state index contributed by atoms with van der Waals surface area (Å²) >= 11 is 6.21. The highest BCUT2D eigenvalue weighted by Crippen LogP contribution is 2.22. The molecule has 0 aromatic heterocycles. The van der Waals surface area contributed by atoms with Gasteiger partial charge in [0.2, 0.25) is 5.91 Å². The fraction of sp³-hybridized carbons (Fsp3) is 0.944. The van der Waals surface area contributed by atoms with Crippen molar-refractivity contribution in [2.24, 2.45) is 5.92 Å². The number of nitrogens with zero attached hydrogens (tertiary/aromatic N) is 1. The Morgan fingerprint density at radius 2 is 1.62 bits per heavy atom. The lowest BCUT2D eigenvalue weighted by Gasteiger charge is -2.34. The number of alkyl halides is 1. The Labute approximate surface area is 136 Å². The number of hydrogen-bond donors (Lipinski definition) is 0. The van der Waals surface area contributed by atoms with Gasteiger partial charge in [-0.15, -0.1) is 11.6 Å². The van der Waals surface area contributed by atoms with Gasteiger partial charge in [-0.25, -0.2) is 0 Å². The van der Waals surface area contributed by atoms with Crippen LogP contribution < -0.4 is 0 Å². The molecule has 1 saturated heterocycles. The van der Waals surface area contributed by atoms with Crippen LogP contribution in [-0.4, -0.2) is 29.3 Å². The zero-order chi connectivity index (χ0) is 15.5. The summed E-state index contributed by atoms with van der Waals surface area (Å²) in [5, 5.41) is 0.252. The van der Waals surface area contributed by atoms with Crippen molar-refractivity contribution in [1.82, 2.24) is 4.90 Å². The minimum atomic E-state index is 0.252. The lowest BCUT2D eigenvalue weighted by Crippen LogP contribution is -2.43. The number of amides is 1. The van der Waals surface area contributed by atoms with Crippen LogP contribution in [0.5, 0.6) is 0 Å².